The van der Waals surface area contributed by atoms with Gasteiger partial charge in [0.2, 0.25) is 23.6 Å². The molecular formula is C23H23N7O3. The second kappa shape index (κ2) is 8.38. The SMILES string of the molecule is O=C1C(=NNc2nc(N3CCOCC3)nc(N3CCOCC3)n2)c2cccc3cccc1c23. The molecule has 0 bridgehead atoms. The summed E-state index contributed by atoms with van der Waals surface area (Å²) in [5.74, 6) is 1.34. The molecule has 1 aliphatic carbocycles. The fraction of sp³-hybridized carbons (Fsp3) is 0.348. The first-order valence-corrected chi connectivity index (χ1v) is 11.1. The number of ether oxygens (including phenoxy) is 2. The number of morpholine rings is 2. The molecule has 3 aliphatic rings. The zero-order valence-corrected chi connectivity index (χ0v) is 18.0. The third-order valence-electron chi connectivity index (χ3n) is 6.09. The van der Waals surface area contributed by atoms with Crippen molar-refractivity contribution in [2.24, 2.45) is 5.10 Å². The predicted molar refractivity (Wildman–Crippen MR) is 124 cm³/mol. The van der Waals surface area contributed by atoms with Gasteiger partial charge in [-0.3, -0.25) is 4.79 Å². The van der Waals surface area contributed by atoms with E-state index in [0.717, 1.165) is 16.3 Å². The Hall–Kier alpha value is -3.63. The van der Waals surface area contributed by atoms with E-state index in [9.17, 15) is 4.79 Å². The Morgan fingerprint density at radius 3 is 1.97 bits per heavy atom. The third kappa shape index (κ3) is 3.66. The molecule has 0 saturated carbocycles. The highest BCUT2D eigenvalue weighted by molar-refractivity contribution is 6.59. The highest BCUT2D eigenvalue weighted by atomic mass is 16.5. The first-order valence-electron chi connectivity index (χ1n) is 11.1. The van der Waals surface area contributed by atoms with Gasteiger partial charge in [0.25, 0.3) is 0 Å². The summed E-state index contributed by atoms with van der Waals surface area (Å²) in [5.41, 5.74) is 4.79. The van der Waals surface area contributed by atoms with Crippen molar-refractivity contribution < 1.29 is 14.3 Å². The van der Waals surface area contributed by atoms with Crippen LogP contribution >= 0.6 is 0 Å². The highest BCUT2D eigenvalue weighted by Crippen LogP contribution is 2.31. The molecule has 33 heavy (non-hydrogen) atoms. The van der Waals surface area contributed by atoms with Crippen molar-refractivity contribution in [2.45, 2.75) is 0 Å². The summed E-state index contributed by atoms with van der Waals surface area (Å²) in [4.78, 5) is 31.1. The average molecular weight is 445 g/mol. The van der Waals surface area contributed by atoms with E-state index in [1.807, 2.05) is 36.4 Å². The summed E-state index contributed by atoms with van der Waals surface area (Å²) in [6.07, 6.45) is 0. The molecule has 3 heterocycles. The second-order valence-corrected chi connectivity index (χ2v) is 8.07. The lowest BCUT2D eigenvalue weighted by molar-refractivity contribution is 0.107. The zero-order chi connectivity index (χ0) is 22.2. The summed E-state index contributed by atoms with van der Waals surface area (Å²) >= 11 is 0. The summed E-state index contributed by atoms with van der Waals surface area (Å²) < 4.78 is 10.9. The number of anilines is 3. The van der Waals surface area contributed by atoms with Crippen LogP contribution in [0.2, 0.25) is 0 Å². The molecule has 0 atom stereocenters. The monoisotopic (exact) mass is 445 g/mol. The maximum atomic E-state index is 13.1. The fourth-order valence-corrected chi connectivity index (χ4v) is 4.41. The summed E-state index contributed by atoms with van der Waals surface area (Å²) in [5, 5.41) is 6.42. The minimum atomic E-state index is -0.106. The molecule has 0 unspecified atom stereocenters. The van der Waals surface area contributed by atoms with E-state index >= 15 is 0 Å². The Morgan fingerprint density at radius 2 is 1.36 bits per heavy atom. The number of carbonyl (C=O) groups is 1. The van der Waals surface area contributed by atoms with Crippen LogP contribution < -0.4 is 15.2 Å². The molecule has 1 N–H and O–H groups in total. The van der Waals surface area contributed by atoms with Crippen LogP contribution in [0, 0.1) is 0 Å². The van der Waals surface area contributed by atoms with Crippen molar-refractivity contribution in [3.8, 4) is 0 Å². The minimum Gasteiger partial charge on any atom is -0.378 e. The van der Waals surface area contributed by atoms with Crippen molar-refractivity contribution in [1.29, 1.82) is 0 Å². The quantitative estimate of drug-likeness (QED) is 0.601. The number of aromatic nitrogens is 3. The third-order valence-corrected chi connectivity index (χ3v) is 6.09. The summed E-state index contributed by atoms with van der Waals surface area (Å²) in [6.45, 7) is 5.32. The molecule has 2 saturated heterocycles. The molecule has 2 fully saturated rings. The molecule has 168 valence electrons. The minimum absolute atomic E-state index is 0.106. The number of rotatable bonds is 4. The van der Waals surface area contributed by atoms with E-state index in [2.05, 4.69) is 30.3 Å². The van der Waals surface area contributed by atoms with E-state index in [0.29, 0.717) is 81.7 Å². The van der Waals surface area contributed by atoms with E-state index < -0.39 is 0 Å². The smallest absolute Gasteiger partial charge is 0.250 e. The van der Waals surface area contributed by atoms with Gasteiger partial charge in [0, 0.05) is 42.7 Å². The highest BCUT2D eigenvalue weighted by Gasteiger charge is 2.29. The van der Waals surface area contributed by atoms with Gasteiger partial charge in [-0.2, -0.15) is 20.1 Å². The number of benzene rings is 2. The van der Waals surface area contributed by atoms with E-state index in [1.165, 1.54) is 0 Å². The van der Waals surface area contributed by atoms with Crippen LogP contribution in [0.3, 0.4) is 0 Å². The van der Waals surface area contributed by atoms with Crippen LogP contribution in [0.25, 0.3) is 10.8 Å². The first kappa shape index (κ1) is 20.0. The van der Waals surface area contributed by atoms with Crippen molar-refractivity contribution >= 4 is 40.1 Å². The van der Waals surface area contributed by atoms with Gasteiger partial charge >= 0.3 is 0 Å². The Kier molecular flexibility index (Phi) is 5.08. The van der Waals surface area contributed by atoms with Gasteiger partial charge in [-0.25, -0.2) is 5.43 Å². The number of Topliss-reactive ketones (excluding diaryl/α,β-unsaturated/α-hetero) is 1. The van der Waals surface area contributed by atoms with Crippen LogP contribution in [0.5, 0.6) is 0 Å². The fourth-order valence-electron chi connectivity index (χ4n) is 4.41. The van der Waals surface area contributed by atoms with E-state index in [-0.39, 0.29) is 5.78 Å². The van der Waals surface area contributed by atoms with Crippen LogP contribution in [-0.2, 0) is 9.47 Å². The molecule has 6 rings (SSSR count). The van der Waals surface area contributed by atoms with Crippen LogP contribution in [0.15, 0.2) is 41.5 Å². The van der Waals surface area contributed by atoms with E-state index in [4.69, 9.17) is 14.5 Å². The Balaban J connectivity index is 1.35. The van der Waals surface area contributed by atoms with Gasteiger partial charge in [-0.1, -0.05) is 36.4 Å². The van der Waals surface area contributed by atoms with Gasteiger partial charge in [0.05, 0.1) is 26.4 Å². The number of nitrogens with one attached hydrogen (secondary N) is 1. The lowest BCUT2D eigenvalue weighted by Crippen LogP contribution is -2.40. The number of carbonyl (C=O) groups excluding carboxylic acids is 1. The van der Waals surface area contributed by atoms with Gasteiger partial charge in [0.1, 0.15) is 5.71 Å². The normalized spacial score (nSPS) is 19.5. The molecule has 0 radical (unpaired) electrons. The van der Waals surface area contributed by atoms with E-state index in [1.54, 1.807) is 0 Å². The Labute approximate surface area is 190 Å². The average Bonchev–Trinajstić information content (AvgIpc) is 3.16. The number of ketones is 1. The van der Waals surface area contributed by atoms with Gasteiger partial charge < -0.3 is 19.3 Å². The molecule has 3 aromatic rings. The molecule has 10 heteroatoms. The lowest BCUT2D eigenvalue weighted by Gasteiger charge is -2.30. The van der Waals surface area contributed by atoms with Gasteiger partial charge in [-0.15, -0.1) is 0 Å². The molecule has 2 aromatic carbocycles. The molecular weight excluding hydrogens is 422 g/mol. The van der Waals surface area contributed by atoms with Crippen molar-refractivity contribution in [3.05, 3.63) is 47.5 Å². The first-order chi connectivity index (χ1) is 16.3. The maximum absolute atomic E-state index is 13.1. The maximum Gasteiger partial charge on any atom is 0.250 e. The van der Waals surface area contributed by atoms with Crippen LogP contribution in [0.4, 0.5) is 17.8 Å². The Bertz CT molecular complexity index is 1210. The molecule has 2 aliphatic heterocycles. The predicted octanol–water partition coefficient (Wildman–Crippen LogP) is 1.71. The van der Waals surface area contributed by atoms with Gasteiger partial charge in [0.15, 0.2) is 0 Å². The second-order valence-electron chi connectivity index (χ2n) is 8.07. The number of hydrogen-bond donors (Lipinski definition) is 1. The van der Waals surface area contributed by atoms with Gasteiger partial charge in [-0.05, 0) is 5.39 Å². The number of hydrogen-bond acceptors (Lipinski definition) is 10. The standard InChI is InChI=1S/C23H23N7O3/c31-20-17-6-2-4-15-3-1-5-16(18(15)17)19(20)27-28-21-24-22(29-7-11-32-12-8-29)26-23(25-21)30-9-13-33-14-10-30/h1-6H,7-14H2,(H,24,25,26,28). The topological polar surface area (TPSA) is 105 Å². The largest absolute Gasteiger partial charge is 0.378 e. The number of hydrazone groups is 1. The van der Waals surface area contributed by atoms with Crippen LogP contribution in [-0.4, -0.2) is 79.1 Å². The molecule has 10 nitrogen and oxygen atoms in total. The summed E-state index contributed by atoms with van der Waals surface area (Å²) in [7, 11) is 0. The van der Waals surface area contributed by atoms with Crippen LogP contribution in [0.1, 0.15) is 15.9 Å². The molecule has 1 aromatic heterocycles. The van der Waals surface area contributed by atoms with Crippen molar-refractivity contribution in [2.75, 3.05) is 67.8 Å². The van der Waals surface area contributed by atoms with Crippen molar-refractivity contribution in [1.82, 2.24) is 15.0 Å². The molecule has 0 amide bonds. The number of nitrogens with zero attached hydrogens (tertiary/aromatic N) is 6. The van der Waals surface area contributed by atoms with Crippen molar-refractivity contribution in [3.63, 3.8) is 0 Å². The molecule has 0 spiro atoms. The summed E-state index contributed by atoms with van der Waals surface area (Å²) in [6, 6.07) is 11.6. The zero-order valence-electron chi connectivity index (χ0n) is 18.0. The lowest BCUT2D eigenvalue weighted by atomic mass is 10.1. The Morgan fingerprint density at radius 1 is 0.788 bits per heavy atom.